The predicted octanol–water partition coefficient (Wildman–Crippen LogP) is 3.69. The summed E-state index contributed by atoms with van der Waals surface area (Å²) in [5.41, 5.74) is 3.11. The zero-order valence-electron chi connectivity index (χ0n) is 14.4. The highest BCUT2D eigenvalue weighted by Crippen LogP contribution is 2.26. The molecule has 25 heavy (non-hydrogen) atoms. The van der Waals surface area contributed by atoms with Crippen molar-refractivity contribution in [3.63, 3.8) is 0 Å². The molecule has 0 bridgehead atoms. The molecular weight excluding hydrogens is 332 g/mol. The summed E-state index contributed by atoms with van der Waals surface area (Å²) in [6.45, 7) is 3.87. The molecule has 1 aromatic carbocycles. The number of thioether (sulfide) groups is 1. The first kappa shape index (κ1) is 16.4. The van der Waals surface area contributed by atoms with Crippen molar-refractivity contribution >= 4 is 34.2 Å². The number of amides is 1. The topological polar surface area (TPSA) is 50.5 Å². The van der Waals surface area contributed by atoms with Crippen LogP contribution in [0, 0.1) is 6.92 Å². The second kappa shape index (κ2) is 7.04. The number of aryl methyl sites for hydroxylation is 1. The molecule has 6 heteroatoms. The minimum Gasteiger partial charge on any atom is -0.342 e. The van der Waals surface area contributed by atoms with Gasteiger partial charge in [-0.25, -0.2) is 0 Å². The molecule has 1 aliphatic heterocycles. The molecule has 1 fully saturated rings. The Morgan fingerprint density at radius 2 is 1.88 bits per heavy atom. The van der Waals surface area contributed by atoms with Crippen LogP contribution in [0.5, 0.6) is 0 Å². The number of likely N-dealkylation sites (tertiary alicyclic amines) is 1. The van der Waals surface area contributed by atoms with Gasteiger partial charge in [0, 0.05) is 18.5 Å². The number of benzene rings is 1. The number of fused-ring (bicyclic) bond motifs is 3. The Bertz CT molecular complexity index is 912. The third-order valence-corrected chi connectivity index (χ3v) is 5.77. The van der Waals surface area contributed by atoms with Crippen LogP contribution < -0.4 is 0 Å². The van der Waals surface area contributed by atoms with Crippen LogP contribution in [0.15, 0.2) is 35.5 Å². The van der Waals surface area contributed by atoms with Crippen molar-refractivity contribution in [2.75, 3.05) is 18.8 Å². The second-order valence-electron chi connectivity index (χ2n) is 6.60. The molecule has 130 valence electrons. The van der Waals surface area contributed by atoms with Gasteiger partial charge in [-0.1, -0.05) is 42.8 Å². The van der Waals surface area contributed by atoms with E-state index in [4.69, 9.17) is 0 Å². The number of pyridine rings is 1. The van der Waals surface area contributed by atoms with Gasteiger partial charge in [-0.3, -0.25) is 9.20 Å². The van der Waals surface area contributed by atoms with Gasteiger partial charge in [0.1, 0.15) is 0 Å². The van der Waals surface area contributed by atoms with Crippen molar-refractivity contribution in [1.82, 2.24) is 19.5 Å². The fourth-order valence-corrected chi connectivity index (χ4v) is 4.36. The van der Waals surface area contributed by atoms with Gasteiger partial charge in [-0.15, -0.1) is 10.2 Å². The first-order valence-electron chi connectivity index (χ1n) is 8.88. The Kier molecular flexibility index (Phi) is 4.61. The highest BCUT2D eigenvalue weighted by atomic mass is 32.2. The summed E-state index contributed by atoms with van der Waals surface area (Å²) >= 11 is 1.48. The van der Waals surface area contributed by atoms with Gasteiger partial charge in [-0.2, -0.15) is 0 Å². The van der Waals surface area contributed by atoms with Crippen LogP contribution in [0.25, 0.3) is 16.6 Å². The molecule has 4 rings (SSSR count). The van der Waals surface area contributed by atoms with E-state index in [2.05, 4.69) is 39.7 Å². The zero-order valence-corrected chi connectivity index (χ0v) is 15.3. The number of hydrogen-bond acceptors (Lipinski definition) is 4. The summed E-state index contributed by atoms with van der Waals surface area (Å²) in [7, 11) is 0. The first-order chi connectivity index (χ1) is 12.2. The maximum absolute atomic E-state index is 12.5. The average molecular weight is 354 g/mol. The Labute approximate surface area is 151 Å². The number of carbonyl (C=O) groups is 1. The van der Waals surface area contributed by atoms with E-state index < -0.39 is 0 Å². The Morgan fingerprint density at radius 1 is 1.12 bits per heavy atom. The molecule has 1 aliphatic rings. The summed E-state index contributed by atoms with van der Waals surface area (Å²) in [5, 5.41) is 10.6. The van der Waals surface area contributed by atoms with E-state index in [1.807, 2.05) is 17.0 Å². The standard InChI is InChI=1S/C19H22N4OS/c1-14-12-17-20-21-19(23(17)16-9-5-4-8-15(14)16)25-13-18(24)22-10-6-2-3-7-11-22/h4-5,8-9,12H,2-3,6-7,10-11,13H2,1H3. The monoisotopic (exact) mass is 354 g/mol. The van der Waals surface area contributed by atoms with Crippen LogP contribution in [0.2, 0.25) is 0 Å². The summed E-state index contributed by atoms with van der Waals surface area (Å²) in [6.07, 6.45) is 4.70. The van der Waals surface area contributed by atoms with Crippen LogP contribution in [0.1, 0.15) is 31.2 Å². The van der Waals surface area contributed by atoms with E-state index in [1.54, 1.807) is 0 Å². The van der Waals surface area contributed by atoms with Crippen LogP contribution in [-0.4, -0.2) is 44.2 Å². The largest absolute Gasteiger partial charge is 0.342 e. The van der Waals surface area contributed by atoms with Crippen molar-refractivity contribution in [3.8, 4) is 0 Å². The van der Waals surface area contributed by atoms with Crippen LogP contribution >= 0.6 is 11.8 Å². The van der Waals surface area contributed by atoms with Gasteiger partial charge in [0.05, 0.1) is 11.3 Å². The first-order valence-corrected chi connectivity index (χ1v) is 9.86. The maximum atomic E-state index is 12.5. The summed E-state index contributed by atoms with van der Waals surface area (Å²) in [6, 6.07) is 10.3. The lowest BCUT2D eigenvalue weighted by Crippen LogP contribution is -2.33. The third kappa shape index (κ3) is 3.23. The molecule has 0 aliphatic carbocycles. The molecule has 3 heterocycles. The SMILES string of the molecule is Cc1cc2nnc(SCC(=O)N3CCCCCC3)n2c2ccccc12. The Hall–Kier alpha value is -2.08. The summed E-state index contributed by atoms with van der Waals surface area (Å²) < 4.78 is 2.06. The molecule has 5 nitrogen and oxygen atoms in total. The van der Waals surface area contributed by atoms with E-state index in [9.17, 15) is 4.79 Å². The van der Waals surface area contributed by atoms with Crippen molar-refractivity contribution in [2.24, 2.45) is 0 Å². The highest BCUT2D eigenvalue weighted by Gasteiger charge is 2.18. The van der Waals surface area contributed by atoms with Gasteiger partial charge in [0.25, 0.3) is 0 Å². The van der Waals surface area contributed by atoms with Crippen LogP contribution in [-0.2, 0) is 4.79 Å². The average Bonchev–Trinajstić information content (AvgIpc) is 2.84. The van der Waals surface area contributed by atoms with Crippen molar-refractivity contribution in [3.05, 3.63) is 35.9 Å². The van der Waals surface area contributed by atoms with Crippen molar-refractivity contribution in [1.29, 1.82) is 0 Å². The summed E-state index contributed by atoms with van der Waals surface area (Å²) in [5.74, 6) is 0.628. The van der Waals surface area contributed by atoms with Crippen LogP contribution in [0.4, 0.5) is 0 Å². The molecule has 0 spiro atoms. The smallest absolute Gasteiger partial charge is 0.233 e. The number of aromatic nitrogens is 3. The zero-order chi connectivity index (χ0) is 17.2. The lowest BCUT2D eigenvalue weighted by Gasteiger charge is -2.19. The van der Waals surface area contributed by atoms with Crippen LogP contribution in [0.3, 0.4) is 0 Å². The molecule has 0 atom stereocenters. The summed E-state index contributed by atoms with van der Waals surface area (Å²) in [4.78, 5) is 14.6. The molecule has 1 saturated heterocycles. The molecule has 0 unspecified atom stereocenters. The second-order valence-corrected chi connectivity index (χ2v) is 7.55. The number of hydrogen-bond donors (Lipinski definition) is 0. The van der Waals surface area contributed by atoms with Crippen molar-refractivity contribution < 1.29 is 4.79 Å². The van der Waals surface area contributed by atoms with E-state index in [1.165, 1.54) is 35.6 Å². The number of carbonyl (C=O) groups excluding carboxylic acids is 1. The van der Waals surface area contributed by atoms with E-state index in [0.717, 1.165) is 42.3 Å². The van der Waals surface area contributed by atoms with E-state index in [0.29, 0.717) is 5.75 Å². The molecule has 3 aromatic rings. The number of rotatable bonds is 3. The maximum Gasteiger partial charge on any atom is 0.233 e. The van der Waals surface area contributed by atoms with E-state index >= 15 is 0 Å². The number of para-hydroxylation sites is 1. The third-order valence-electron chi connectivity index (χ3n) is 4.86. The lowest BCUT2D eigenvalue weighted by molar-refractivity contribution is -0.128. The minimum absolute atomic E-state index is 0.208. The fourth-order valence-electron chi connectivity index (χ4n) is 3.51. The Balaban J connectivity index is 1.59. The highest BCUT2D eigenvalue weighted by molar-refractivity contribution is 7.99. The van der Waals surface area contributed by atoms with Gasteiger partial charge < -0.3 is 4.90 Å². The van der Waals surface area contributed by atoms with Gasteiger partial charge in [0.2, 0.25) is 5.91 Å². The number of nitrogens with zero attached hydrogens (tertiary/aromatic N) is 4. The molecule has 0 saturated carbocycles. The van der Waals surface area contributed by atoms with Gasteiger partial charge in [-0.05, 0) is 37.5 Å². The van der Waals surface area contributed by atoms with Gasteiger partial charge >= 0.3 is 0 Å². The molecular formula is C19H22N4OS. The quantitative estimate of drug-likeness (QED) is 0.673. The fraction of sp³-hybridized carbons (Fsp3) is 0.421. The molecule has 0 radical (unpaired) electrons. The van der Waals surface area contributed by atoms with Crippen molar-refractivity contribution in [2.45, 2.75) is 37.8 Å². The normalized spacial score (nSPS) is 15.6. The van der Waals surface area contributed by atoms with Gasteiger partial charge in [0.15, 0.2) is 10.8 Å². The molecule has 1 amide bonds. The molecule has 2 aromatic heterocycles. The minimum atomic E-state index is 0.208. The predicted molar refractivity (Wildman–Crippen MR) is 101 cm³/mol. The lowest BCUT2D eigenvalue weighted by atomic mass is 10.1. The molecule has 0 N–H and O–H groups in total. The van der Waals surface area contributed by atoms with E-state index in [-0.39, 0.29) is 5.91 Å². The Morgan fingerprint density at radius 3 is 2.68 bits per heavy atom.